The molecule has 1 aliphatic carbocycles. The van der Waals surface area contributed by atoms with Crippen molar-refractivity contribution in [1.82, 2.24) is 0 Å². The predicted octanol–water partition coefficient (Wildman–Crippen LogP) is 2.83. The Hall–Kier alpha value is -0.610. The third-order valence-corrected chi connectivity index (χ3v) is 4.59. The van der Waals surface area contributed by atoms with Crippen molar-refractivity contribution < 1.29 is 19.7 Å². The molecule has 2 fully saturated rings. The van der Waals surface area contributed by atoms with Crippen molar-refractivity contribution in [1.29, 1.82) is 0 Å². The van der Waals surface area contributed by atoms with Crippen LogP contribution in [0.3, 0.4) is 0 Å². The number of ether oxygens (including phenoxy) is 1. The molecule has 0 bridgehead atoms. The zero-order valence-corrected chi connectivity index (χ0v) is 12.8. The fourth-order valence-corrected chi connectivity index (χ4v) is 3.72. The highest BCUT2D eigenvalue weighted by atomic mass is 16.5. The van der Waals surface area contributed by atoms with Crippen LogP contribution in [0.25, 0.3) is 0 Å². The molecule has 2 aliphatic rings. The van der Waals surface area contributed by atoms with Crippen LogP contribution in [0, 0.1) is 11.8 Å². The Morgan fingerprint density at radius 3 is 2.21 bits per heavy atom. The molecule has 0 radical (unpaired) electrons. The van der Waals surface area contributed by atoms with Crippen molar-refractivity contribution in [3.63, 3.8) is 0 Å². The fourth-order valence-electron chi connectivity index (χ4n) is 3.72. The molecule has 4 heteroatoms. The van der Waals surface area contributed by atoms with Gasteiger partial charge in [0.2, 0.25) is 0 Å². The summed E-state index contributed by atoms with van der Waals surface area (Å²) in [4.78, 5) is 9.00. The van der Waals surface area contributed by atoms with Crippen LogP contribution in [0.15, 0.2) is 0 Å². The average molecular weight is 272 g/mol. The van der Waals surface area contributed by atoms with Crippen molar-refractivity contribution in [2.75, 3.05) is 0 Å². The van der Waals surface area contributed by atoms with Gasteiger partial charge in [-0.05, 0) is 51.4 Å². The Morgan fingerprint density at radius 2 is 1.84 bits per heavy atom. The Balaban J connectivity index is 0.000000399. The smallest absolute Gasteiger partial charge is 0.300 e. The van der Waals surface area contributed by atoms with Gasteiger partial charge in [-0.15, -0.1) is 0 Å². The van der Waals surface area contributed by atoms with Crippen molar-refractivity contribution >= 4 is 5.97 Å². The van der Waals surface area contributed by atoms with E-state index in [1.165, 1.54) is 0 Å². The SMILES string of the molecule is CC(=O)O.CC1CCC2(O1)C(C(C)C)CCC2(C)O. The first-order valence-electron chi connectivity index (χ1n) is 7.22. The number of hydrogen-bond donors (Lipinski definition) is 2. The van der Waals surface area contributed by atoms with E-state index in [-0.39, 0.29) is 5.60 Å². The molecule has 4 unspecified atom stereocenters. The highest BCUT2D eigenvalue weighted by Crippen LogP contribution is 2.55. The minimum absolute atomic E-state index is 0.249. The molecular formula is C15H28O4. The molecule has 1 saturated heterocycles. The molecule has 4 nitrogen and oxygen atoms in total. The first-order valence-corrected chi connectivity index (χ1v) is 7.22. The normalized spacial score (nSPS) is 41.4. The third-order valence-electron chi connectivity index (χ3n) is 4.59. The van der Waals surface area contributed by atoms with Gasteiger partial charge in [0.25, 0.3) is 5.97 Å². The summed E-state index contributed by atoms with van der Waals surface area (Å²) in [5, 5.41) is 18.0. The summed E-state index contributed by atoms with van der Waals surface area (Å²) in [6.45, 7) is 9.67. The Bertz CT molecular complexity index is 320. The number of aliphatic hydroxyl groups is 1. The van der Waals surface area contributed by atoms with Crippen LogP contribution in [0.2, 0.25) is 0 Å². The molecule has 1 spiro atoms. The maximum absolute atomic E-state index is 10.6. The van der Waals surface area contributed by atoms with Crippen LogP contribution >= 0.6 is 0 Å². The predicted molar refractivity (Wildman–Crippen MR) is 74.0 cm³/mol. The molecule has 0 aromatic heterocycles. The lowest BCUT2D eigenvalue weighted by Gasteiger charge is -2.42. The van der Waals surface area contributed by atoms with Gasteiger partial charge in [-0.3, -0.25) is 4.79 Å². The van der Waals surface area contributed by atoms with Gasteiger partial charge in [-0.1, -0.05) is 13.8 Å². The number of carbonyl (C=O) groups is 1. The Labute approximate surface area is 116 Å². The second kappa shape index (κ2) is 5.80. The first kappa shape index (κ1) is 16.4. The van der Waals surface area contributed by atoms with E-state index in [1.807, 2.05) is 6.92 Å². The van der Waals surface area contributed by atoms with Gasteiger partial charge >= 0.3 is 0 Å². The summed E-state index contributed by atoms with van der Waals surface area (Å²) >= 11 is 0. The van der Waals surface area contributed by atoms with Crippen molar-refractivity contribution in [3.05, 3.63) is 0 Å². The van der Waals surface area contributed by atoms with E-state index in [0.29, 0.717) is 17.9 Å². The standard InChI is InChI=1S/C13H24O2.C2H4O2/c1-9(2)11-6-7-12(4,14)13(11)8-5-10(3)15-13;1-2(3)4/h9-11,14H,5-8H2,1-4H3;1H3,(H,3,4). The molecule has 2 N–H and O–H groups in total. The topological polar surface area (TPSA) is 66.8 Å². The lowest BCUT2D eigenvalue weighted by Crippen LogP contribution is -2.52. The van der Waals surface area contributed by atoms with Gasteiger partial charge in [0.05, 0.1) is 17.3 Å². The molecule has 1 aliphatic heterocycles. The molecule has 4 atom stereocenters. The summed E-state index contributed by atoms with van der Waals surface area (Å²) in [7, 11) is 0. The number of hydrogen-bond acceptors (Lipinski definition) is 3. The van der Waals surface area contributed by atoms with Crippen LogP contribution in [0.4, 0.5) is 0 Å². The summed E-state index contributed by atoms with van der Waals surface area (Å²) in [5.74, 6) is 0.293. The van der Waals surface area contributed by atoms with E-state index in [2.05, 4.69) is 20.8 Å². The minimum atomic E-state index is -0.833. The van der Waals surface area contributed by atoms with Gasteiger partial charge in [0.15, 0.2) is 0 Å². The molecule has 0 aromatic rings. The second-order valence-electron chi connectivity index (χ2n) is 6.54. The molecule has 19 heavy (non-hydrogen) atoms. The lowest BCUT2D eigenvalue weighted by molar-refractivity contribution is -0.172. The van der Waals surface area contributed by atoms with E-state index in [4.69, 9.17) is 14.6 Å². The molecule has 1 saturated carbocycles. The number of carboxylic acid groups (broad SMARTS) is 1. The average Bonchev–Trinajstić information content (AvgIpc) is 2.70. The van der Waals surface area contributed by atoms with Crippen molar-refractivity contribution in [2.24, 2.45) is 11.8 Å². The summed E-state index contributed by atoms with van der Waals surface area (Å²) in [5.41, 5.74) is -0.868. The fraction of sp³-hybridized carbons (Fsp3) is 0.933. The second-order valence-corrected chi connectivity index (χ2v) is 6.54. The van der Waals surface area contributed by atoms with Crippen LogP contribution in [-0.4, -0.2) is 33.5 Å². The zero-order chi connectivity index (χ0) is 14.8. The van der Waals surface area contributed by atoms with Crippen LogP contribution < -0.4 is 0 Å². The lowest BCUT2D eigenvalue weighted by atomic mass is 9.75. The number of carboxylic acids is 1. The minimum Gasteiger partial charge on any atom is -0.481 e. The molecule has 1 heterocycles. The zero-order valence-electron chi connectivity index (χ0n) is 12.8. The highest BCUT2D eigenvalue weighted by molar-refractivity contribution is 5.62. The van der Waals surface area contributed by atoms with Crippen LogP contribution in [0.5, 0.6) is 0 Å². The monoisotopic (exact) mass is 272 g/mol. The maximum atomic E-state index is 10.6. The highest BCUT2D eigenvalue weighted by Gasteiger charge is 2.61. The van der Waals surface area contributed by atoms with Crippen LogP contribution in [0.1, 0.15) is 60.3 Å². The van der Waals surface area contributed by atoms with E-state index < -0.39 is 11.6 Å². The number of rotatable bonds is 1. The summed E-state index contributed by atoms with van der Waals surface area (Å²) in [6, 6.07) is 0. The largest absolute Gasteiger partial charge is 0.481 e. The summed E-state index contributed by atoms with van der Waals surface area (Å²) in [6.07, 6.45) is 4.44. The molecule has 0 amide bonds. The molecule has 2 rings (SSSR count). The van der Waals surface area contributed by atoms with E-state index in [1.54, 1.807) is 0 Å². The van der Waals surface area contributed by atoms with E-state index >= 15 is 0 Å². The van der Waals surface area contributed by atoms with E-state index in [0.717, 1.165) is 32.6 Å². The van der Waals surface area contributed by atoms with Gasteiger partial charge < -0.3 is 14.9 Å². The third kappa shape index (κ3) is 3.29. The van der Waals surface area contributed by atoms with E-state index in [9.17, 15) is 5.11 Å². The van der Waals surface area contributed by atoms with Crippen molar-refractivity contribution in [3.8, 4) is 0 Å². The van der Waals surface area contributed by atoms with Gasteiger partial charge in [0.1, 0.15) is 0 Å². The number of aliphatic carboxylic acids is 1. The Kier molecular flexibility index (Phi) is 5.02. The van der Waals surface area contributed by atoms with Crippen LogP contribution in [-0.2, 0) is 9.53 Å². The molecule has 112 valence electrons. The first-order chi connectivity index (χ1) is 8.62. The molecule has 0 aromatic carbocycles. The Morgan fingerprint density at radius 1 is 1.32 bits per heavy atom. The van der Waals surface area contributed by atoms with Gasteiger partial charge in [-0.25, -0.2) is 0 Å². The van der Waals surface area contributed by atoms with Crippen molar-refractivity contribution in [2.45, 2.75) is 77.6 Å². The summed E-state index contributed by atoms with van der Waals surface area (Å²) < 4.78 is 6.15. The van der Waals surface area contributed by atoms with Gasteiger partial charge in [-0.2, -0.15) is 0 Å². The molecular weight excluding hydrogens is 244 g/mol. The van der Waals surface area contributed by atoms with Gasteiger partial charge in [0, 0.05) is 6.92 Å². The maximum Gasteiger partial charge on any atom is 0.300 e. The quantitative estimate of drug-likeness (QED) is 0.770.